The molecule has 0 atom stereocenters. The van der Waals surface area contributed by atoms with Crippen LogP contribution in [-0.2, 0) is 0 Å². The normalized spacial score (nSPS) is 11.3. The summed E-state index contributed by atoms with van der Waals surface area (Å²) < 4.78 is 0. The van der Waals surface area contributed by atoms with Crippen LogP contribution >= 0.6 is 0 Å². The van der Waals surface area contributed by atoms with Crippen LogP contribution in [0.4, 0.5) is 0 Å². The van der Waals surface area contributed by atoms with Gasteiger partial charge in [0.1, 0.15) is 6.29 Å². The largest absolute Gasteiger partial charge is 0.298 e. The summed E-state index contributed by atoms with van der Waals surface area (Å²) in [4.78, 5) is 19.7. The number of fused-ring (bicyclic) bond motifs is 3. The highest BCUT2D eigenvalue weighted by molar-refractivity contribution is 6.05. The molecular weight excluding hydrogens is 296 g/mol. The van der Waals surface area contributed by atoms with Gasteiger partial charge < -0.3 is 0 Å². The number of hydrogen-bond donors (Lipinski definition) is 0. The van der Waals surface area contributed by atoms with Gasteiger partial charge in [-0.05, 0) is 23.3 Å². The monoisotopic (exact) mass is 310 g/mol. The molecule has 0 unspecified atom stereocenters. The quantitative estimate of drug-likeness (QED) is 0.404. The maximum Gasteiger partial charge on any atom is 0.150 e. The topological polar surface area (TPSA) is 42.9 Å². The van der Waals surface area contributed by atoms with Crippen molar-refractivity contribution in [2.75, 3.05) is 0 Å². The third-order valence-electron chi connectivity index (χ3n) is 4.04. The van der Waals surface area contributed by atoms with Gasteiger partial charge in [0.05, 0.1) is 11.0 Å². The van der Waals surface area contributed by atoms with E-state index in [1.54, 1.807) is 6.20 Å². The molecule has 2 aromatic heterocycles. The molecule has 2 aromatic carbocycles. The minimum atomic E-state index is 0.680. The van der Waals surface area contributed by atoms with Gasteiger partial charge >= 0.3 is 0 Å². The minimum Gasteiger partial charge on any atom is -0.298 e. The summed E-state index contributed by atoms with van der Waals surface area (Å²) in [6.07, 6.45) is 8.55. The lowest BCUT2D eigenvalue weighted by atomic mass is 10.0. The molecule has 4 rings (SSSR count). The lowest BCUT2D eigenvalue weighted by Crippen LogP contribution is -1.87. The van der Waals surface area contributed by atoms with Gasteiger partial charge in [-0.3, -0.25) is 14.8 Å². The first-order chi connectivity index (χ1) is 11.8. The van der Waals surface area contributed by atoms with Crippen molar-refractivity contribution < 1.29 is 4.79 Å². The van der Waals surface area contributed by atoms with E-state index in [1.165, 1.54) is 0 Å². The van der Waals surface area contributed by atoms with Gasteiger partial charge in [-0.25, -0.2) is 0 Å². The fourth-order valence-electron chi connectivity index (χ4n) is 2.79. The Hall–Kier alpha value is -3.33. The highest BCUT2D eigenvalue weighted by atomic mass is 16.1. The van der Waals surface area contributed by atoms with Crippen LogP contribution in [0.2, 0.25) is 0 Å². The van der Waals surface area contributed by atoms with Crippen molar-refractivity contribution in [2.45, 2.75) is 0 Å². The number of aromatic nitrogens is 2. The van der Waals surface area contributed by atoms with E-state index in [4.69, 9.17) is 0 Å². The van der Waals surface area contributed by atoms with Gasteiger partial charge in [0.2, 0.25) is 0 Å². The van der Waals surface area contributed by atoms with Crippen LogP contribution in [0.15, 0.2) is 67.0 Å². The molecule has 0 aliphatic carbocycles. The second-order valence-electron chi connectivity index (χ2n) is 5.55. The van der Waals surface area contributed by atoms with E-state index in [0.717, 1.165) is 39.2 Å². The Bertz CT molecular complexity index is 1070. The zero-order valence-corrected chi connectivity index (χ0v) is 12.9. The fourth-order valence-corrected chi connectivity index (χ4v) is 2.79. The van der Waals surface area contributed by atoms with Crippen LogP contribution in [0.25, 0.3) is 34.0 Å². The van der Waals surface area contributed by atoms with Crippen LogP contribution in [0.1, 0.15) is 21.5 Å². The molecule has 114 valence electrons. The third-order valence-corrected chi connectivity index (χ3v) is 4.04. The number of carbonyl (C=O) groups is 1. The summed E-state index contributed by atoms with van der Waals surface area (Å²) in [6.45, 7) is 0. The molecule has 24 heavy (non-hydrogen) atoms. The molecule has 3 nitrogen and oxygen atoms in total. The summed E-state index contributed by atoms with van der Waals surface area (Å²) in [6, 6.07) is 17.6. The Kier molecular flexibility index (Phi) is 3.60. The molecule has 0 aliphatic heterocycles. The average molecular weight is 310 g/mol. The fraction of sp³-hybridized carbons (Fsp3) is 0. The van der Waals surface area contributed by atoms with E-state index in [0.29, 0.717) is 5.56 Å². The van der Waals surface area contributed by atoms with Gasteiger partial charge in [0.15, 0.2) is 0 Å². The van der Waals surface area contributed by atoms with Crippen molar-refractivity contribution in [3.05, 3.63) is 83.7 Å². The van der Waals surface area contributed by atoms with E-state index in [2.05, 4.69) is 28.2 Å². The molecule has 0 spiro atoms. The van der Waals surface area contributed by atoms with Crippen LogP contribution in [0.5, 0.6) is 0 Å². The maximum atomic E-state index is 10.7. The summed E-state index contributed by atoms with van der Waals surface area (Å²) in [7, 11) is 0. The molecule has 0 amide bonds. The van der Waals surface area contributed by atoms with Crippen molar-refractivity contribution in [2.24, 2.45) is 0 Å². The molecule has 0 radical (unpaired) electrons. The van der Waals surface area contributed by atoms with Crippen LogP contribution in [-0.4, -0.2) is 16.3 Å². The molecule has 0 aliphatic rings. The maximum absolute atomic E-state index is 10.7. The van der Waals surface area contributed by atoms with Crippen molar-refractivity contribution in [1.82, 2.24) is 9.97 Å². The average Bonchev–Trinajstić information content (AvgIpc) is 2.66. The summed E-state index contributed by atoms with van der Waals surface area (Å²) >= 11 is 0. The van der Waals surface area contributed by atoms with Gasteiger partial charge in [-0.2, -0.15) is 0 Å². The smallest absolute Gasteiger partial charge is 0.150 e. The predicted octanol–water partition coefficient (Wildman–Crippen LogP) is 4.77. The highest BCUT2D eigenvalue weighted by Crippen LogP contribution is 2.25. The van der Waals surface area contributed by atoms with E-state index < -0.39 is 0 Å². The number of pyridine rings is 2. The van der Waals surface area contributed by atoms with E-state index >= 15 is 0 Å². The van der Waals surface area contributed by atoms with Crippen LogP contribution in [0, 0.1) is 0 Å². The number of hydrogen-bond acceptors (Lipinski definition) is 3. The van der Waals surface area contributed by atoms with E-state index in [-0.39, 0.29) is 0 Å². The number of benzene rings is 2. The Morgan fingerprint density at radius 2 is 1.50 bits per heavy atom. The summed E-state index contributed by atoms with van der Waals surface area (Å²) in [5.41, 5.74) is 4.64. The molecular formula is C21H14N2O. The number of carbonyl (C=O) groups excluding carboxylic acids is 1. The second-order valence-corrected chi connectivity index (χ2v) is 5.55. The first kappa shape index (κ1) is 14.3. The zero-order valence-electron chi connectivity index (χ0n) is 12.9. The molecule has 0 bridgehead atoms. The van der Waals surface area contributed by atoms with Crippen molar-refractivity contribution >= 4 is 40.2 Å². The van der Waals surface area contributed by atoms with Crippen molar-refractivity contribution in [3.8, 4) is 0 Å². The van der Waals surface area contributed by atoms with Gasteiger partial charge in [0.25, 0.3) is 0 Å². The SMILES string of the molecule is O=Cc1ccc(C=Cc2ccnc3c2ccc2cccnc23)cc1. The Balaban J connectivity index is 1.80. The van der Waals surface area contributed by atoms with Crippen molar-refractivity contribution in [3.63, 3.8) is 0 Å². The molecule has 0 fully saturated rings. The molecule has 0 N–H and O–H groups in total. The second kappa shape index (κ2) is 6.05. The lowest BCUT2D eigenvalue weighted by molar-refractivity contribution is 0.112. The van der Waals surface area contributed by atoms with E-state index in [1.807, 2.05) is 54.7 Å². The highest BCUT2D eigenvalue weighted by Gasteiger charge is 2.05. The lowest BCUT2D eigenvalue weighted by Gasteiger charge is -2.05. The number of aldehydes is 1. The van der Waals surface area contributed by atoms with Gasteiger partial charge in [-0.1, -0.05) is 54.6 Å². The minimum absolute atomic E-state index is 0.680. The number of nitrogens with zero attached hydrogens (tertiary/aromatic N) is 2. The van der Waals surface area contributed by atoms with Crippen molar-refractivity contribution in [1.29, 1.82) is 0 Å². The van der Waals surface area contributed by atoms with Gasteiger partial charge in [-0.15, -0.1) is 0 Å². The van der Waals surface area contributed by atoms with Crippen LogP contribution in [0.3, 0.4) is 0 Å². The first-order valence-corrected chi connectivity index (χ1v) is 7.71. The van der Waals surface area contributed by atoms with Gasteiger partial charge in [0, 0.05) is 28.7 Å². The third kappa shape index (κ3) is 2.57. The molecule has 3 heteroatoms. The van der Waals surface area contributed by atoms with E-state index in [9.17, 15) is 4.79 Å². The molecule has 2 heterocycles. The van der Waals surface area contributed by atoms with Crippen LogP contribution < -0.4 is 0 Å². The Morgan fingerprint density at radius 3 is 2.33 bits per heavy atom. The molecule has 0 saturated carbocycles. The zero-order chi connectivity index (χ0) is 16.4. The standard InChI is InChI=1S/C21H14N2O/c24-14-16-5-3-15(4-6-16)7-8-17-11-13-23-21-19(17)10-9-18-2-1-12-22-20(18)21/h1-14H. The molecule has 4 aromatic rings. The summed E-state index contributed by atoms with van der Waals surface area (Å²) in [5.74, 6) is 0. The summed E-state index contributed by atoms with van der Waals surface area (Å²) in [5, 5.41) is 2.16. The Labute approximate surface area is 139 Å². The molecule has 0 saturated heterocycles. The Morgan fingerprint density at radius 1 is 0.708 bits per heavy atom. The predicted molar refractivity (Wildman–Crippen MR) is 97.8 cm³/mol. The number of rotatable bonds is 3. The first-order valence-electron chi connectivity index (χ1n) is 7.71.